The highest BCUT2D eigenvalue weighted by Crippen LogP contribution is 2.51. The molecule has 0 spiro atoms. The minimum atomic E-state index is -0.0278. The summed E-state index contributed by atoms with van der Waals surface area (Å²) in [5.74, 6) is 1.23. The highest BCUT2D eigenvalue weighted by molar-refractivity contribution is 5.69. The van der Waals surface area contributed by atoms with Gasteiger partial charge in [-0.1, -0.05) is 25.5 Å². The summed E-state index contributed by atoms with van der Waals surface area (Å²) in [4.78, 5) is 7.04. The molecule has 0 bridgehead atoms. The van der Waals surface area contributed by atoms with Crippen LogP contribution in [-0.4, -0.2) is 29.3 Å². The van der Waals surface area contributed by atoms with Crippen LogP contribution in [0.4, 0.5) is 11.4 Å². The van der Waals surface area contributed by atoms with Gasteiger partial charge in [0.05, 0.1) is 5.56 Å². The number of nitrogen functional groups attached to an aromatic ring is 1. The zero-order valence-electron chi connectivity index (χ0n) is 18.0. The van der Waals surface area contributed by atoms with Crippen LogP contribution in [0.3, 0.4) is 0 Å². The smallest absolute Gasteiger partial charge is 0.244 e. The average Bonchev–Trinajstić information content (AvgIpc) is 3.15. The van der Waals surface area contributed by atoms with Crippen LogP contribution in [-0.2, 0) is 19.3 Å². The fourth-order valence-electron chi connectivity index (χ4n) is 4.84. The van der Waals surface area contributed by atoms with Crippen molar-refractivity contribution < 1.29 is 4.74 Å². The first-order valence-electron chi connectivity index (χ1n) is 10.9. The molecule has 0 radical (unpaired) electrons. The third kappa shape index (κ3) is 2.93. The number of pyridine rings is 1. The molecule has 1 atom stereocenters. The van der Waals surface area contributed by atoms with E-state index in [9.17, 15) is 0 Å². The number of nitrogens with zero attached hydrogens (tertiary/aromatic N) is 3. The number of fused-ring (bicyclic) bond motifs is 3. The normalized spacial score (nSPS) is 17.0. The van der Waals surface area contributed by atoms with Crippen LogP contribution in [0, 0.1) is 0 Å². The van der Waals surface area contributed by atoms with Gasteiger partial charge in [0.2, 0.25) is 11.8 Å². The van der Waals surface area contributed by atoms with E-state index in [0.29, 0.717) is 11.8 Å². The van der Waals surface area contributed by atoms with E-state index < -0.39 is 0 Å². The highest BCUT2D eigenvalue weighted by Gasteiger charge is 2.37. The van der Waals surface area contributed by atoms with Crippen molar-refractivity contribution in [1.82, 2.24) is 15.2 Å². The first-order valence-corrected chi connectivity index (χ1v) is 10.9. The molecule has 0 saturated carbocycles. The summed E-state index contributed by atoms with van der Waals surface area (Å²) in [6.45, 7) is 2.18. The number of H-pyrrole nitrogens is 1. The Bertz CT molecular complexity index is 1080. The third-order valence-corrected chi connectivity index (χ3v) is 6.38. The van der Waals surface area contributed by atoms with Crippen LogP contribution in [0.2, 0.25) is 0 Å². The van der Waals surface area contributed by atoms with Gasteiger partial charge in [-0.25, -0.2) is 4.98 Å². The minimum Gasteiger partial charge on any atom is -0.418 e. The molecule has 3 heterocycles. The minimum absolute atomic E-state index is 0.0278. The first-order chi connectivity index (χ1) is 14.6. The van der Waals surface area contributed by atoms with E-state index in [1.165, 1.54) is 23.2 Å². The Labute approximate surface area is 177 Å². The van der Waals surface area contributed by atoms with Gasteiger partial charge in [-0.05, 0) is 55.4 Å². The molecule has 0 saturated heterocycles. The number of hydrogen-bond donors (Lipinski definition) is 2. The number of aromatic amines is 1. The van der Waals surface area contributed by atoms with Crippen LogP contribution < -0.4 is 15.4 Å². The highest BCUT2D eigenvalue weighted by atomic mass is 16.5. The number of rotatable bonds is 4. The molecular formula is C24H29N5O. The number of anilines is 2. The quantitative estimate of drug-likeness (QED) is 0.522. The summed E-state index contributed by atoms with van der Waals surface area (Å²) in [5, 5.41) is 7.72. The summed E-state index contributed by atoms with van der Waals surface area (Å²) >= 11 is 0. The van der Waals surface area contributed by atoms with Gasteiger partial charge in [0.1, 0.15) is 0 Å². The van der Waals surface area contributed by atoms with Crippen molar-refractivity contribution in [2.24, 2.45) is 0 Å². The molecule has 6 heteroatoms. The van der Waals surface area contributed by atoms with Gasteiger partial charge >= 0.3 is 0 Å². The van der Waals surface area contributed by atoms with Gasteiger partial charge in [0.15, 0.2) is 0 Å². The van der Waals surface area contributed by atoms with Crippen molar-refractivity contribution in [3.8, 4) is 11.8 Å². The maximum absolute atomic E-state index is 6.82. The van der Waals surface area contributed by atoms with Crippen LogP contribution in [0.15, 0.2) is 24.3 Å². The zero-order chi connectivity index (χ0) is 20.8. The second kappa shape index (κ2) is 7.35. The van der Waals surface area contributed by atoms with Crippen LogP contribution in [0.5, 0.6) is 11.8 Å². The lowest BCUT2D eigenvalue weighted by Gasteiger charge is -2.30. The van der Waals surface area contributed by atoms with E-state index in [4.69, 9.17) is 15.5 Å². The summed E-state index contributed by atoms with van der Waals surface area (Å²) in [5.41, 5.74) is 15.6. The largest absolute Gasteiger partial charge is 0.418 e. The van der Waals surface area contributed by atoms with E-state index in [1.807, 2.05) is 0 Å². The summed E-state index contributed by atoms with van der Waals surface area (Å²) < 4.78 is 6.22. The third-order valence-electron chi connectivity index (χ3n) is 6.38. The summed E-state index contributed by atoms with van der Waals surface area (Å²) in [7, 11) is 4.11. The molecule has 30 heavy (non-hydrogen) atoms. The van der Waals surface area contributed by atoms with Crippen molar-refractivity contribution >= 4 is 11.4 Å². The number of nitrogens with one attached hydrogen (secondary N) is 1. The van der Waals surface area contributed by atoms with Crippen LogP contribution in [0.25, 0.3) is 0 Å². The standard InChI is InChI=1S/C24H29N5O/c1-4-7-18-20-19(14-10-12-15(13-11-14)29(2)3)21-22(25)16-8-5-6-9-17(16)26-23(21)30-24(20)28-27-18/h10-13,19H,4-9H2,1-3H3,(H2,25,26)(H,27,28). The zero-order valence-corrected chi connectivity index (χ0v) is 18.0. The van der Waals surface area contributed by atoms with E-state index in [2.05, 4.69) is 60.4 Å². The second-order valence-corrected chi connectivity index (χ2v) is 8.57. The molecule has 1 unspecified atom stereocenters. The van der Waals surface area contributed by atoms with Gasteiger partial charge in [-0.2, -0.15) is 0 Å². The summed E-state index contributed by atoms with van der Waals surface area (Å²) in [6.07, 6.45) is 6.23. The van der Waals surface area contributed by atoms with E-state index >= 15 is 0 Å². The van der Waals surface area contributed by atoms with Crippen molar-refractivity contribution in [2.75, 3.05) is 24.7 Å². The molecule has 5 rings (SSSR count). The Morgan fingerprint density at radius 1 is 1.10 bits per heavy atom. The summed E-state index contributed by atoms with van der Waals surface area (Å²) in [6, 6.07) is 8.71. The molecule has 2 aromatic heterocycles. The van der Waals surface area contributed by atoms with Gasteiger partial charge in [0.25, 0.3) is 0 Å². The molecule has 1 aromatic carbocycles. The van der Waals surface area contributed by atoms with Crippen molar-refractivity contribution in [2.45, 2.75) is 51.4 Å². The molecule has 2 aliphatic rings. The predicted octanol–water partition coefficient (Wildman–Crippen LogP) is 4.57. The predicted molar refractivity (Wildman–Crippen MR) is 120 cm³/mol. The van der Waals surface area contributed by atoms with Gasteiger partial charge in [-0.15, -0.1) is 5.10 Å². The number of ether oxygens (including phenoxy) is 1. The molecule has 3 aromatic rings. The first kappa shape index (κ1) is 19.0. The van der Waals surface area contributed by atoms with Crippen molar-refractivity contribution in [3.63, 3.8) is 0 Å². The fraction of sp³-hybridized carbons (Fsp3) is 0.417. The van der Waals surface area contributed by atoms with Gasteiger partial charge in [-0.3, -0.25) is 5.10 Å². The SMILES string of the molecule is CCCc1[nH]nc2c1C(c1ccc(N(C)C)cc1)c1c(nc3c(c1N)CCCC3)O2. The average molecular weight is 404 g/mol. The fourth-order valence-corrected chi connectivity index (χ4v) is 4.84. The van der Waals surface area contributed by atoms with Crippen molar-refractivity contribution in [1.29, 1.82) is 0 Å². The Morgan fingerprint density at radius 2 is 1.87 bits per heavy atom. The van der Waals surface area contributed by atoms with E-state index in [1.54, 1.807) is 0 Å². The molecular weight excluding hydrogens is 374 g/mol. The number of aryl methyl sites for hydroxylation is 2. The lowest BCUT2D eigenvalue weighted by atomic mass is 9.80. The van der Waals surface area contributed by atoms with Crippen molar-refractivity contribution in [3.05, 3.63) is 57.9 Å². The van der Waals surface area contributed by atoms with Gasteiger partial charge in [0, 0.05) is 48.3 Å². The second-order valence-electron chi connectivity index (χ2n) is 8.57. The lowest BCUT2D eigenvalue weighted by molar-refractivity contribution is 0.414. The molecule has 0 amide bonds. The molecule has 3 N–H and O–H groups in total. The number of aromatic nitrogens is 3. The topological polar surface area (TPSA) is 80.1 Å². The Morgan fingerprint density at radius 3 is 2.60 bits per heavy atom. The monoisotopic (exact) mass is 403 g/mol. The van der Waals surface area contributed by atoms with Crippen LogP contribution >= 0.6 is 0 Å². The lowest BCUT2D eigenvalue weighted by Crippen LogP contribution is -2.20. The number of benzene rings is 1. The van der Waals surface area contributed by atoms with E-state index in [0.717, 1.165) is 60.3 Å². The maximum atomic E-state index is 6.82. The Balaban J connectivity index is 1.72. The molecule has 1 aliphatic carbocycles. The number of nitrogens with two attached hydrogens (primary N) is 1. The molecule has 156 valence electrons. The van der Waals surface area contributed by atoms with E-state index in [-0.39, 0.29) is 5.92 Å². The Kier molecular flexibility index (Phi) is 4.65. The van der Waals surface area contributed by atoms with Gasteiger partial charge < -0.3 is 15.4 Å². The molecule has 6 nitrogen and oxygen atoms in total. The molecule has 0 fully saturated rings. The molecule has 1 aliphatic heterocycles. The maximum Gasteiger partial charge on any atom is 0.244 e. The van der Waals surface area contributed by atoms with Crippen LogP contribution in [0.1, 0.15) is 65.7 Å². The Hall–Kier alpha value is -3.02. The number of hydrogen-bond acceptors (Lipinski definition) is 5.